The van der Waals surface area contributed by atoms with Crippen molar-refractivity contribution in [1.29, 1.82) is 0 Å². The molecule has 4 aromatic rings. The van der Waals surface area contributed by atoms with E-state index in [2.05, 4.69) is 57.2 Å². The molecule has 29 heavy (non-hydrogen) atoms. The second-order valence-corrected chi connectivity index (χ2v) is 7.49. The van der Waals surface area contributed by atoms with Crippen molar-refractivity contribution in [1.82, 2.24) is 20.2 Å². The molecule has 0 aliphatic carbocycles. The summed E-state index contributed by atoms with van der Waals surface area (Å²) >= 11 is 12.9. The lowest BCUT2D eigenvalue weighted by Crippen LogP contribution is -2.20. The molecule has 1 aliphatic rings. The maximum atomic E-state index is 6.46. The zero-order valence-corrected chi connectivity index (χ0v) is 16.6. The molecule has 0 fully saturated rings. The lowest BCUT2D eigenvalue weighted by atomic mass is 9.99. The minimum Gasteiger partial charge on any atom is -0.323 e. The summed E-state index contributed by atoms with van der Waals surface area (Å²) in [7, 11) is 0. The minimum absolute atomic E-state index is 0.314. The SMILES string of the molecule is Clc1cccc(Cl)c1[C@@H]1C=C(c2ccc(-c3ccccc3)cc2)Nc2nnnn21. The van der Waals surface area contributed by atoms with E-state index in [1.54, 1.807) is 4.68 Å². The average molecular weight is 420 g/mol. The maximum Gasteiger partial charge on any atom is 0.248 e. The highest BCUT2D eigenvalue weighted by molar-refractivity contribution is 6.36. The van der Waals surface area contributed by atoms with Crippen LogP contribution in [-0.2, 0) is 0 Å². The van der Waals surface area contributed by atoms with E-state index in [9.17, 15) is 0 Å². The van der Waals surface area contributed by atoms with Crippen LogP contribution in [0.15, 0.2) is 78.9 Å². The van der Waals surface area contributed by atoms with Gasteiger partial charge in [0.2, 0.25) is 5.95 Å². The highest BCUT2D eigenvalue weighted by atomic mass is 35.5. The Morgan fingerprint density at radius 2 is 1.41 bits per heavy atom. The number of rotatable bonds is 3. The lowest BCUT2D eigenvalue weighted by Gasteiger charge is -2.25. The summed E-state index contributed by atoms with van der Waals surface area (Å²) in [6.45, 7) is 0. The van der Waals surface area contributed by atoms with Gasteiger partial charge >= 0.3 is 0 Å². The van der Waals surface area contributed by atoms with E-state index in [1.165, 1.54) is 5.56 Å². The van der Waals surface area contributed by atoms with Gasteiger partial charge < -0.3 is 5.32 Å². The van der Waals surface area contributed by atoms with Crippen molar-refractivity contribution < 1.29 is 0 Å². The summed E-state index contributed by atoms with van der Waals surface area (Å²) in [4.78, 5) is 0. The molecule has 0 spiro atoms. The largest absolute Gasteiger partial charge is 0.323 e. The number of nitrogens with zero attached hydrogens (tertiary/aromatic N) is 4. The van der Waals surface area contributed by atoms with Crippen molar-refractivity contribution in [3.63, 3.8) is 0 Å². The van der Waals surface area contributed by atoms with Gasteiger partial charge in [0.1, 0.15) is 6.04 Å². The van der Waals surface area contributed by atoms with E-state index >= 15 is 0 Å². The number of nitrogens with one attached hydrogen (secondary N) is 1. The fourth-order valence-corrected chi connectivity index (χ4v) is 4.12. The van der Waals surface area contributed by atoms with Gasteiger partial charge in [0, 0.05) is 21.3 Å². The topological polar surface area (TPSA) is 55.6 Å². The van der Waals surface area contributed by atoms with Gasteiger partial charge in [0.05, 0.1) is 0 Å². The molecular weight excluding hydrogens is 405 g/mol. The Morgan fingerprint density at radius 1 is 0.759 bits per heavy atom. The third kappa shape index (κ3) is 3.28. The number of hydrogen-bond donors (Lipinski definition) is 1. The number of halogens is 2. The highest BCUT2D eigenvalue weighted by Crippen LogP contribution is 2.38. The van der Waals surface area contributed by atoms with Crippen molar-refractivity contribution in [3.05, 3.63) is 100 Å². The van der Waals surface area contributed by atoms with Gasteiger partial charge in [-0.2, -0.15) is 4.68 Å². The van der Waals surface area contributed by atoms with Crippen LogP contribution >= 0.6 is 23.2 Å². The van der Waals surface area contributed by atoms with Crippen LogP contribution in [0, 0.1) is 0 Å². The Bertz CT molecular complexity index is 1180. The lowest BCUT2D eigenvalue weighted by molar-refractivity contribution is 0.586. The molecule has 2 heterocycles. The van der Waals surface area contributed by atoms with Crippen LogP contribution in [0.2, 0.25) is 10.0 Å². The van der Waals surface area contributed by atoms with E-state index in [4.69, 9.17) is 23.2 Å². The molecule has 0 saturated heterocycles. The van der Waals surface area contributed by atoms with Gasteiger partial charge in [-0.1, -0.05) is 89.0 Å². The van der Waals surface area contributed by atoms with Gasteiger partial charge in [-0.15, -0.1) is 0 Å². The molecule has 0 unspecified atom stereocenters. The van der Waals surface area contributed by atoms with E-state index in [0.717, 1.165) is 22.4 Å². The minimum atomic E-state index is -0.314. The van der Waals surface area contributed by atoms with Gasteiger partial charge in [-0.25, -0.2) is 0 Å². The first-order valence-corrected chi connectivity index (χ1v) is 9.83. The summed E-state index contributed by atoms with van der Waals surface area (Å²) in [6.07, 6.45) is 2.04. The van der Waals surface area contributed by atoms with E-state index in [-0.39, 0.29) is 6.04 Å². The standard InChI is InChI=1S/C22H15Cl2N5/c23-17-7-4-8-18(24)21(17)20-13-19(25-22-26-27-28-29(20)22)16-11-9-15(10-12-16)14-5-2-1-3-6-14/h1-13,20H,(H,25,26,28)/t20-/m0/s1. The van der Waals surface area contributed by atoms with Crippen LogP contribution in [0.5, 0.6) is 0 Å². The number of benzene rings is 3. The van der Waals surface area contributed by atoms with Crippen molar-refractivity contribution in [3.8, 4) is 11.1 Å². The number of anilines is 1. The Kier molecular flexibility index (Phi) is 4.54. The average Bonchev–Trinajstić information content (AvgIpc) is 3.23. The van der Waals surface area contributed by atoms with Crippen molar-refractivity contribution in [2.24, 2.45) is 0 Å². The molecule has 1 aromatic heterocycles. The molecule has 0 radical (unpaired) electrons. The molecule has 5 rings (SSSR count). The molecule has 3 aromatic carbocycles. The molecule has 0 saturated carbocycles. The van der Waals surface area contributed by atoms with Crippen LogP contribution in [-0.4, -0.2) is 20.2 Å². The highest BCUT2D eigenvalue weighted by Gasteiger charge is 2.27. The molecule has 1 atom stereocenters. The van der Waals surface area contributed by atoms with Crippen molar-refractivity contribution in [2.75, 3.05) is 5.32 Å². The predicted molar refractivity (Wildman–Crippen MR) is 116 cm³/mol. The number of allylic oxidation sites excluding steroid dienone is 1. The third-order valence-electron chi connectivity index (χ3n) is 4.93. The van der Waals surface area contributed by atoms with Crippen LogP contribution < -0.4 is 5.32 Å². The summed E-state index contributed by atoms with van der Waals surface area (Å²) in [5.41, 5.74) is 5.01. The van der Waals surface area contributed by atoms with Crippen molar-refractivity contribution >= 4 is 34.8 Å². The van der Waals surface area contributed by atoms with Crippen LogP contribution in [0.4, 0.5) is 5.95 Å². The fourth-order valence-electron chi connectivity index (χ4n) is 3.49. The molecule has 1 N–H and O–H groups in total. The van der Waals surface area contributed by atoms with Gasteiger partial charge in [-0.05, 0) is 45.3 Å². The van der Waals surface area contributed by atoms with Gasteiger partial charge in [0.15, 0.2) is 0 Å². The molecule has 1 aliphatic heterocycles. The maximum absolute atomic E-state index is 6.46. The Morgan fingerprint density at radius 3 is 2.14 bits per heavy atom. The normalized spacial score (nSPS) is 15.4. The Hall–Kier alpha value is -3.15. The first-order valence-electron chi connectivity index (χ1n) is 9.07. The van der Waals surface area contributed by atoms with Crippen molar-refractivity contribution in [2.45, 2.75) is 6.04 Å². The molecular formula is C22H15Cl2N5. The van der Waals surface area contributed by atoms with Crippen LogP contribution in [0.1, 0.15) is 17.2 Å². The second-order valence-electron chi connectivity index (χ2n) is 6.68. The molecule has 0 amide bonds. The quantitative estimate of drug-likeness (QED) is 0.462. The van der Waals surface area contributed by atoms with Gasteiger partial charge in [-0.3, -0.25) is 0 Å². The third-order valence-corrected chi connectivity index (χ3v) is 5.58. The number of tetrazole rings is 1. The summed E-state index contributed by atoms with van der Waals surface area (Å²) in [6, 6.07) is 23.8. The number of hydrogen-bond acceptors (Lipinski definition) is 4. The predicted octanol–water partition coefficient (Wildman–Crippen LogP) is 5.70. The first-order chi connectivity index (χ1) is 14.2. The smallest absolute Gasteiger partial charge is 0.248 e. The monoisotopic (exact) mass is 419 g/mol. The zero-order valence-electron chi connectivity index (χ0n) is 15.1. The van der Waals surface area contributed by atoms with Gasteiger partial charge in [0.25, 0.3) is 0 Å². The fraction of sp³-hybridized carbons (Fsp3) is 0.0455. The first kappa shape index (κ1) is 17.9. The van der Waals surface area contributed by atoms with Crippen LogP contribution in [0.25, 0.3) is 16.8 Å². The Balaban J connectivity index is 1.56. The Labute approximate surface area is 177 Å². The van der Waals surface area contributed by atoms with Crippen LogP contribution in [0.3, 0.4) is 0 Å². The van der Waals surface area contributed by atoms with E-state index in [1.807, 2.05) is 42.5 Å². The molecule has 0 bridgehead atoms. The molecule has 142 valence electrons. The molecule has 5 nitrogen and oxygen atoms in total. The summed E-state index contributed by atoms with van der Waals surface area (Å²) in [5, 5.41) is 16.4. The number of fused-ring (bicyclic) bond motifs is 1. The number of aromatic nitrogens is 4. The second kappa shape index (κ2) is 7.35. The van der Waals surface area contributed by atoms with E-state index in [0.29, 0.717) is 16.0 Å². The zero-order chi connectivity index (χ0) is 19.8. The van der Waals surface area contributed by atoms with E-state index < -0.39 is 0 Å². The summed E-state index contributed by atoms with van der Waals surface area (Å²) < 4.78 is 1.68. The molecule has 7 heteroatoms. The summed E-state index contributed by atoms with van der Waals surface area (Å²) in [5.74, 6) is 0.538.